The van der Waals surface area contributed by atoms with Gasteiger partial charge in [-0.05, 0) is 32.3 Å². The average Bonchev–Trinajstić information content (AvgIpc) is 3.64. The molecule has 6 nitrogen and oxygen atoms in total. The van der Waals surface area contributed by atoms with Gasteiger partial charge in [0.25, 0.3) is 0 Å². The van der Waals surface area contributed by atoms with Gasteiger partial charge in [0.1, 0.15) is 34.0 Å². The van der Waals surface area contributed by atoms with Crippen LogP contribution in [-0.4, -0.2) is 115 Å². The van der Waals surface area contributed by atoms with Crippen LogP contribution < -0.4 is 4.90 Å². The van der Waals surface area contributed by atoms with E-state index in [1.165, 1.54) is 4.90 Å². The van der Waals surface area contributed by atoms with Crippen molar-refractivity contribution in [3.05, 3.63) is 22.4 Å². The van der Waals surface area contributed by atoms with Gasteiger partial charge in [0, 0.05) is 43.0 Å². The first-order chi connectivity index (χ1) is 18.6. The third-order valence-electron chi connectivity index (χ3n) is 10.4. The normalized spacial score (nSPS) is 23.5. The molecule has 2 aliphatic heterocycles. The molecule has 0 radical (unpaired) electrons. The molecule has 212 valence electrons. The second-order valence-corrected chi connectivity index (χ2v) is 15.4. The van der Waals surface area contributed by atoms with Crippen LogP contribution in [0.3, 0.4) is 0 Å². The Kier molecular flexibility index (Phi) is 7.93. The quantitative estimate of drug-likeness (QED) is 0.337. The van der Waals surface area contributed by atoms with E-state index in [1.807, 2.05) is 21.7 Å². The number of aromatic nitrogens is 1. The number of anilines is 1. The van der Waals surface area contributed by atoms with Gasteiger partial charge in [-0.15, -0.1) is 10.2 Å². The number of nitrogens with zero attached hydrogens (tertiary/aromatic N) is 4. The van der Waals surface area contributed by atoms with E-state index in [-0.39, 0.29) is 23.3 Å². The molecule has 1 aromatic rings. The second-order valence-electron chi connectivity index (χ2n) is 15.4. The molecule has 0 bridgehead atoms. The highest BCUT2D eigenvalue weighted by Crippen LogP contribution is 2.63. The van der Waals surface area contributed by atoms with Crippen LogP contribution in [0.25, 0.3) is 0 Å². The summed E-state index contributed by atoms with van der Waals surface area (Å²) in [5, 5.41) is 9.08. The lowest BCUT2D eigenvalue weighted by Crippen LogP contribution is -2.74. The summed E-state index contributed by atoms with van der Waals surface area (Å²) >= 11 is 0. The molecule has 41 heavy (non-hydrogen) atoms. The first-order valence-corrected chi connectivity index (χ1v) is 14.8. The minimum Gasteiger partial charge on any atom is -0.370 e. The van der Waals surface area contributed by atoms with Crippen LogP contribution in [0, 0.1) is 11.3 Å². The molecule has 0 spiro atoms. The number of carbonyl (C=O) groups excluding carboxylic acids is 1. The Morgan fingerprint density at radius 3 is 2.15 bits per heavy atom. The minimum atomic E-state index is -4.60. The molecule has 1 aliphatic carbocycles. The molecule has 17 heteroatoms. The summed E-state index contributed by atoms with van der Waals surface area (Å²) in [6.07, 6.45) is -3.43. The zero-order valence-corrected chi connectivity index (χ0v) is 26.5. The molecular formula is C24H39B8F3N4O2. The number of hydrogen-bond acceptors (Lipinski definition) is 5. The Morgan fingerprint density at radius 1 is 1.07 bits per heavy atom. The van der Waals surface area contributed by atoms with Crippen molar-refractivity contribution in [1.82, 2.24) is 9.88 Å². The van der Waals surface area contributed by atoms with Crippen molar-refractivity contribution in [2.45, 2.75) is 84.8 Å². The van der Waals surface area contributed by atoms with E-state index in [0.717, 1.165) is 29.7 Å². The van der Waals surface area contributed by atoms with Gasteiger partial charge in [-0.25, -0.2) is 4.98 Å². The fraction of sp³-hybridized carbons (Fsp3) is 0.708. The van der Waals surface area contributed by atoms with Crippen molar-refractivity contribution < 1.29 is 22.7 Å². The molecule has 0 unspecified atom stereocenters. The Bertz CT molecular complexity index is 1260. The largest absolute Gasteiger partial charge is 0.397 e. The van der Waals surface area contributed by atoms with Crippen LogP contribution in [0.4, 0.5) is 19.0 Å². The second kappa shape index (κ2) is 10.1. The highest BCUT2D eigenvalue weighted by Gasteiger charge is 2.61. The predicted octanol–water partition coefficient (Wildman–Crippen LogP) is -3.65. The molecule has 1 saturated heterocycles. The first-order valence-electron chi connectivity index (χ1n) is 14.8. The fourth-order valence-electron chi connectivity index (χ4n) is 7.84. The van der Waals surface area contributed by atoms with Gasteiger partial charge >= 0.3 is 6.18 Å². The molecule has 1 saturated carbocycles. The predicted molar refractivity (Wildman–Crippen MR) is 177 cm³/mol. The third kappa shape index (κ3) is 5.63. The molecule has 3 aliphatic rings. The zero-order valence-electron chi connectivity index (χ0n) is 26.5. The lowest BCUT2D eigenvalue weighted by molar-refractivity contribution is -0.165. The molecule has 4 rings (SSSR count). The van der Waals surface area contributed by atoms with Crippen LogP contribution in [0.15, 0.2) is 0 Å². The molecular weight excluding hydrogens is 520 g/mol. The van der Waals surface area contributed by atoms with Crippen LogP contribution in [0.1, 0.15) is 61.4 Å². The molecule has 1 amide bonds. The zero-order chi connectivity index (χ0) is 31.0. The number of carbonyl (C=O) groups is 1. The van der Waals surface area contributed by atoms with Crippen molar-refractivity contribution in [3.63, 3.8) is 0 Å². The van der Waals surface area contributed by atoms with E-state index in [4.69, 9.17) is 9.72 Å². The number of ether oxygens (including phenoxy) is 1. The van der Waals surface area contributed by atoms with Gasteiger partial charge in [-0.1, -0.05) is 5.31 Å². The van der Waals surface area contributed by atoms with E-state index in [1.54, 1.807) is 0 Å². The van der Waals surface area contributed by atoms with Gasteiger partial charge < -0.3 is 14.5 Å². The number of halogens is 3. The molecule has 1 aromatic heterocycles. The van der Waals surface area contributed by atoms with E-state index >= 15 is 0 Å². The number of amides is 1. The van der Waals surface area contributed by atoms with E-state index in [2.05, 4.69) is 65.9 Å². The van der Waals surface area contributed by atoms with E-state index in [9.17, 15) is 23.2 Å². The van der Waals surface area contributed by atoms with Crippen molar-refractivity contribution in [2.24, 2.45) is 0 Å². The van der Waals surface area contributed by atoms with Crippen LogP contribution in [-0.2, 0) is 22.6 Å². The Balaban J connectivity index is 1.90. The lowest BCUT2D eigenvalue weighted by atomic mass is 9.10. The molecule has 3 heterocycles. The number of pyridine rings is 1. The number of rotatable bonds is 6. The SMILES string of the molecule is BC(B)(B)C(B)(C(B)(B)B)[C@@]1(B)CN(c2nc(C3CC3)c3c(c2C#N)CC(C)(C)OC3)CCN1C(=O)CC(F)(F)F. The number of alkyl halides is 3. The van der Waals surface area contributed by atoms with Gasteiger partial charge in [-0.3, -0.25) is 4.79 Å². The topological polar surface area (TPSA) is 69.5 Å². The van der Waals surface area contributed by atoms with E-state index in [0.29, 0.717) is 36.9 Å². The summed E-state index contributed by atoms with van der Waals surface area (Å²) in [5.74, 6) is 0.0107. The van der Waals surface area contributed by atoms with Gasteiger partial charge in [-0.2, -0.15) is 18.4 Å². The smallest absolute Gasteiger partial charge is 0.370 e. The van der Waals surface area contributed by atoms with Crippen LogP contribution >= 0.6 is 0 Å². The van der Waals surface area contributed by atoms with Crippen molar-refractivity contribution in [3.8, 4) is 6.07 Å². The number of nitriles is 1. The fourth-order valence-corrected chi connectivity index (χ4v) is 7.84. The molecule has 0 N–H and O–H groups in total. The molecule has 1 atom stereocenters. The Morgan fingerprint density at radius 2 is 1.66 bits per heavy atom. The lowest BCUT2D eigenvalue weighted by Gasteiger charge is -2.68. The third-order valence-corrected chi connectivity index (χ3v) is 10.4. The average molecular weight is 559 g/mol. The van der Waals surface area contributed by atoms with Gasteiger partial charge in [0.15, 0.2) is 0 Å². The van der Waals surface area contributed by atoms with Crippen LogP contribution in [0.2, 0.25) is 15.5 Å². The summed E-state index contributed by atoms with van der Waals surface area (Å²) in [6.45, 7) is 5.15. The van der Waals surface area contributed by atoms with Gasteiger partial charge in [0.05, 0.1) is 70.5 Å². The minimum absolute atomic E-state index is 0.115. The summed E-state index contributed by atoms with van der Waals surface area (Å²) in [6, 6.07) is 2.45. The van der Waals surface area contributed by atoms with Gasteiger partial charge in [0.2, 0.25) is 5.91 Å². The number of fused-ring (bicyclic) bond motifs is 1. The summed E-state index contributed by atoms with van der Waals surface area (Å²) < 4.78 is 46.8. The van der Waals surface area contributed by atoms with Crippen molar-refractivity contribution in [2.75, 3.05) is 24.5 Å². The summed E-state index contributed by atoms with van der Waals surface area (Å²) in [5.41, 5.74) is 2.07. The summed E-state index contributed by atoms with van der Waals surface area (Å²) in [7, 11) is 16.6. The maximum atomic E-state index is 13.6. The standard InChI is InChI=1S/C24H39B8F3N4O2/c1-19(2)7-13-14(9-36)18(37-17(12-3-4-12)15(13)10-41-19)38-5-6-39(16(40)8-21(33,34)35)20(25,11-38)22(26,23(27,28)29)24(30,31)32/h12H,3-8,10-11,25-32H2,1-2H3/t20-/m1/s1. The van der Waals surface area contributed by atoms with Crippen molar-refractivity contribution >= 4 is 74.5 Å². The maximum absolute atomic E-state index is 13.6. The molecule has 0 aromatic carbocycles. The Labute approximate surface area is 249 Å². The first kappa shape index (κ1) is 32.1. The van der Waals surface area contributed by atoms with E-state index < -0.39 is 34.9 Å². The maximum Gasteiger partial charge on any atom is 0.397 e. The molecule has 2 fully saturated rings. The van der Waals surface area contributed by atoms with Crippen molar-refractivity contribution in [1.29, 1.82) is 5.26 Å². The van der Waals surface area contributed by atoms with Crippen LogP contribution in [0.5, 0.6) is 0 Å². The number of hydrogen-bond donors (Lipinski definition) is 0. The highest BCUT2D eigenvalue weighted by molar-refractivity contribution is 6.70. The highest BCUT2D eigenvalue weighted by atomic mass is 19.4. The summed E-state index contributed by atoms with van der Waals surface area (Å²) in [4.78, 5) is 22.1. The monoisotopic (exact) mass is 560 g/mol. The Hall–Kier alpha value is -1.82. The number of piperazine rings is 1.